The Labute approximate surface area is 171 Å². The molecule has 3 aromatic rings. The molecule has 0 saturated heterocycles. The summed E-state index contributed by atoms with van der Waals surface area (Å²) in [4.78, 5) is 24.1. The van der Waals surface area contributed by atoms with Gasteiger partial charge in [0.25, 0.3) is 0 Å². The number of ether oxygens (including phenoxy) is 1. The maximum absolute atomic E-state index is 12.5. The second kappa shape index (κ2) is 9.24. The maximum atomic E-state index is 12.5. The summed E-state index contributed by atoms with van der Waals surface area (Å²) in [5, 5.41) is 8.00. The van der Waals surface area contributed by atoms with Crippen molar-refractivity contribution in [2.24, 2.45) is 0 Å². The van der Waals surface area contributed by atoms with Crippen molar-refractivity contribution in [3.05, 3.63) is 77.4 Å². The highest BCUT2D eigenvalue weighted by molar-refractivity contribution is 5.85. The summed E-state index contributed by atoms with van der Waals surface area (Å²) in [7, 11) is 1.65. The molecule has 29 heavy (non-hydrogen) atoms. The van der Waals surface area contributed by atoms with Crippen LogP contribution in [0, 0.1) is 6.92 Å². The first-order valence-electron chi connectivity index (χ1n) is 9.61. The minimum absolute atomic E-state index is 0.112. The monoisotopic (exact) mass is 390 g/mol. The van der Waals surface area contributed by atoms with Gasteiger partial charge in [-0.25, -0.2) is 0 Å². The van der Waals surface area contributed by atoms with Gasteiger partial charge in [-0.1, -0.05) is 48.0 Å². The van der Waals surface area contributed by atoms with E-state index in [2.05, 4.69) is 16.7 Å². The first-order chi connectivity index (χ1) is 13.9. The highest BCUT2D eigenvalue weighted by Gasteiger charge is 2.17. The minimum atomic E-state index is -0.350. The van der Waals surface area contributed by atoms with Crippen molar-refractivity contribution in [1.82, 2.24) is 10.6 Å². The number of carbonyl (C=O) groups excluding carboxylic acids is 2. The second-order valence-corrected chi connectivity index (χ2v) is 7.19. The molecule has 0 aliphatic heterocycles. The fourth-order valence-corrected chi connectivity index (χ4v) is 3.26. The van der Waals surface area contributed by atoms with E-state index in [0.29, 0.717) is 6.54 Å². The molecule has 0 heterocycles. The highest BCUT2D eigenvalue weighted by atomic mass is 16.5. The standard InChI is InChI=1S/C24H26N2O3/c1-16-4-7-19(8-5-16)23(26-17(2)27)14-24(28)25-15-18-6-9-21-13-22(29-3)11-10-20(21)12-18/h4-13,23H,14-15H2,1-3H3,(H,25,28)(H,26,27). The molecule has 0 saturated carbocycles. The SMILES string of the molecule is COc1ccc2cc(CNC(=O)CC(NC(C)=O)c3ccc(C)cc3)ccc2c1. The molecule has 3 aromatic carbocycles. The van der Waals surface area contributed by atoms with E-state index < -0.39 is 0 Å². The summed E-state index contributed by atoms with van der Waals surface area (Å²) in [6.07, 6.45) is 0.188. The lowest BCUT2D eigenvalue weighted by Gasteiger charge is -2.18. The smallest absolute Gasteiger partial charge is 0.222 e. The lowest BCUT2D eigenvalue weighted by Crippen LogP contribution is -2.32. The van der Waals surface area contributed by atoms with Crippen LogP contribution < -0.4 is 15.4 Å². The molecular weight excluding hydrogens is 364 g/mol. The Kier molecular flexibility index (Phi) is 6.50. The molecule has 1 atom stereocenters. The van der Waals surface area contributed by atoms with Gasteiger partial charge in [-0.15, -0.1) is 0 Å². The first-order valence-corrected chi connectivity index (χ1v) is 9.61. The van der Waals surface area contributed by atoms with Crippen LogP contribution in [0.1, 0.15) is 36.1 Å². The Morgan fingerprint density at radius 3 is 2.34 bits per heavy atom. The third kappa shape index (κ3) is 5.57. The van der Waals surface area contributed by atoms with Crippen LogP contribution in [0.2, 0.25) is 0 Å². The van der Waals surface area contributed by atoms with Crippen LogP contribution in [-0.2, 0) is 16.1 Å². The quantitative estimate of drug-likeness (QED) is 0.640. The van der Waals surface area contributed by atoms with Crippen LogP contribution in [0.25, 0.3) is 10.8 Å². The van der Waals surface area contributed by atoms with E-state index in [-0.39, 0.29) is 24.3 Å². The predicted octanol–water partition coefficient (Wildman–Crippen LogP) is 4.04. The average molecular weight is 390 g/mol. The molecule has 0 fully saturated rings. The molecule has 2 amide bonds. The number of amides is 2. The fourth-order valence-electron chi connectivity index (χ4n) is 3.26. The molecule has 0 radical (unpaired) electrons. The van der Waals surface area contributed by atoms with Gasteiger partial charge >= 0.3 is 0 Å². The molecule has 0 aromatic heterocycles. The molecule has 150 valence electrons. The average Bonchev–Trinajstić information content (AvgIpc) is 2.71. The lowest BCUT2D eigenvalue weighted by atomic mass is 10.0. The molecule has 3 rings (SSSR count). The summed E-state index contributed by atoms with van der Waals surface area (Å²) in [6, 6.07) is 19.5. The summed E-state index contributed by atoms with van der Waals surface area (Å²) in [6.45, 7) is 3.90. The van der Waals surface area contributed by atoms with E-state index in [1.165, 1.54) is 6.92 Å². The second-order valence-electron chi connectivity index (χ2n) is 7.19. The predicted molar refractivity (Wildman–Crippen MR) is 115 cm³/mol. The molecular formula is C24H26N2O3. The number of methoxy groups -OCH3 is 1. The highest BCUT2D eigenvalue weighted by Crippen LogP contribution is 2.22. The van der Waals surface area contributed by atoms with Crippen molar-refractivity contribution < 1.29 is 14.3 Å². The van der Waals surface area contributed by atoms with Crippen molar-refractivity contribution in [1.29, 1.82) is 0 Å². The van der Waals surface area contributed by atoms with Gasteiger partial charge in [0.2, 0.25) is 11.8 Å². The van der Waals surface area contributed by atoms with E-state index in [0.717, 1.165) is 33.2 Å². The van der Waals surface area contributed by atoms with Crippen LogP contribution in [0.5, 0.6) is 5.75 Å². The van der Waals surface area contributed by atoms with E-state index >= 15 is 0 Å². The molecule has 5 heteroatoms. The molecule has 5 nitrogen and oxygen atoms in total. The molecule has 0 aliphatic carbocycles. The van der Waals surface area contributed by atoms with Crippen LogP contribution in [0.15, 0.2) is 60.7 Å². The molecule has 2 N–H and O–H groups in total. The largest absolute Gasteiger partial charge is 0.497 e. The number of carbonyl (C=O) groups is 2. The summed E-state index contributed by atoms with van der Waals surface area (Å²) in [5.74, 6) is 0.547. The van der Waals surface area contributed by atoms with Crippen LogP contribution >= 0.6 is 0 Å². The number of rotatable bonds is 7. The van der Waals surface area contributed by atoms with Gasteiger partial charge in [0, 0.05) is 13.5 Å². The van der Waals surface area contributed by atoms with Gasteiger partial charge in [-0.3, -0.25) is 9.59 Å². The lowest BCUT2D eigenvalue weighted by molar-refractivity contribution is -0.122. The Balaban J connectivity index is 1.64. The normalized spacial score (nSPS) is 11.7. The zero-order chi connectivity index (χ0) is 20.8. The van der Waals surface area contributed by atoms with Gasteiger partial charge in [0.15, 0.2) is 0 Å². The van der Waals surface area contributed by atoms with E-state index in [1.54, 1.807) is 7.11 Å². The Morgan fingerprint density at radius 2 is 1.66 bits per heavy atom. The number of hydrogen-bond acceptors (Lipinski definition) is 3. The van der Waals surface area contributed by atoms with Crippen LogP contribution in [-0.4, -0.2) is 18.9 Å². The minimum Gasteiger partial charge on any atom is -0.497 e. The zero-order valence-corrected chi connectivity index (χ0v) is 17.0. The number of fused-ring (bicyclic) bond motifs is 1. The number of nitrogens with one attached hydrogen (secondary N) is 2. The molecule has 0 spiro atoms. The van der Waals surface area contributed by atoms with Crippen LogP contribution in [0.3, 0.4) is 0 Å². The number of benzene rings is 3. The van der Waals surface area contributed by atoms with Crippen molar-refractivity contribution >= 4 is 22.6 Å². The van der Waals surface area contributed by atoms with Gasteiger partial charge in [0.05, 0.1) is 19.6 Å². The van der Waals surface area contributed by atoms with E-state index in [1.807, 2.05) is 61.5 Å². The summed E-state index contributed by atoms with van der Waals surface area (Å²) in [5.41, 5.74) is 3.07. The van der Waals surface area contributed by atoms with Crippen molar-refractivity contribution in [3.8, 4) is 5.75 Å². The van der Waals surface area contributed by atoms with Gasteiger partial charge < -0.3 is 15.4 Å². The third-order valence-corrected chi connectivity index (χ3v) is 4.85. The van der Waals surface area contributed by atoms with Gasteiger partial charge in [0.1, 0.15) is 5.75 Å². The summed E-state index contributed by atoms with van der Waals surface area (Å²) >= 11 is 0. The van der Waals surface area contributed by atoms with E-state index in [9.17, 15) is 9.59 Å². The fraction of sp³-hybridized carbons (Fsp3) is 0.250. The molecule has 0 aliphatic rings. The zero-order valence-electron chi connectivity index (χ0n) is 17.0. The Hall–Kier alpha value is -3.34. The van der Waals surface area contributed by atoms with Crippen molar-refractivity contribution in [2.75, 3.05) is 7.11 Å². The van der Waals surface area contributed by atoms with Crippen LogP contribution in [0.4, 0.5) is 0 Å². The Morgan fingerprint density at radius 1 is 0.966 bits per heavy atom. The number of aryl methyl sites for hydroxylation is 1. The summed E-state index contributed by atoms with van der Waals surface area (Å²) < 4.78 is 5.25. The van der Waals surface area contributed by atoms with Gasteiger partial charge in [-0.2, -0.15) is 0 Å². The third-order valence-electron chi connectivity index (χ3n) is 4.85. The maximum Gasteiger partial charge on any atom is 0.222 e. The first kappa shape index (κ1) is 20.4. The molecule has 1 unspecified atom stereocenters. The van der Waals surface area contributed by atoms with Gasteiger partial charge in [-0.05, 0) is 47.0 Å². The number of hydrogen-bond donors (Lipinski definition) is 2. The topological polar surface area (TPSA) is 67.4 Å². The Bertz CT molecular complexity index is 1010. The van der Waals surface area contributed by atoms with E-state index in [4.69, 9.17) is 4.74 Å². The van der Waals surface area contributed by atoms with Crippen molar-refractivity contribution in [2.45, 2.75) is 32.9 Å². The molecule has 0 bridgehead atoms. The van der Waals surface area contributed by atoms with Crippen molar-refractivity contribution in [3.63, 3.8) is 0 Å².